The Morgan fingerprint density at radius 1 is 1.50 bits per heavy atom. The standard InChI is InChI=1S/C10H8ClNO2S2/c11-9-3-2-8(15-9)7-5-6(16-12-7)1-4-10(13)14/h2-3,5H,1,4H2,(H,13,14). The van der Waals surface area contributed by atoms with Crippen molar-refractivity contribution >= 4 is 40.4 Å². The largest absolute Gasteiger partial charge is 0.481 e. The number of aliphatic carboxylic acids is 1. The molecule has 0 saturated carbocycles. The molecule has 0 aliphatic rings. The van der Waals surface area contributed by atoms with Crippen molar-refractivity contribution < 1.29 is 9.90 Å². The van der Waals surface area contributed by atoms with Gasteiger partial charge in [-0.25, -0.2) is 0 Å². The van der Waals surface area contributed by atoms with Gasteiger partial charge in [-0.05, 0) is 36.2 Å². The second-order valence-electron chi connectivity index (χ2n) is 3.18. The van der Waals surface area contributed by atoms with Crippen LogP contribution < -0.4 is 0 Å². The Kier molecular flexibility index (Phi) is 3.58. The first kappa shape index (κ1) is 11.6. The number of rotatable bonds is 4. The first-order valence-corrected chi connectivity index (χ1v) is 6.55. The topological polar surface area (TPSA) is 50.2 Å². The van der Waals surface area contributed by atoms with Crippen LogP contribution in [0.25, 0.3) is 10.6 Å². The van der Waals surface area contributed by atoms with Gasteiger partial charge in [0.25, 0.3) is 0 Å². The maximum Gasteiger partial charge on any atom is 0.303 e. The molecule has 0 aliphatic heterocycles. The summed E-state index contributed by atoms with van der Waals surface area (Å²) in [5.41, 5.74) is 0.877. The van der Waals surface area contributed by atoms with Crippen molar-refractivity contribution in [3.05, 3.63) is 27.4 Å². The van der Waals surface area contributed by atoms with Crippen molar-refractivity contribution in [1.82, 2.24) is 4.37 Å². The number of hydrogen-bond acceptors (Lipinski definition) is 4. The van der Waals surface area contributed by atoms with E-state index in [2.05, 4.69) is 4.37 Å². The molecule has 0 amide bonds. The quantitative estimate of drug-likeness (QED) is 0.927. The second kappa shape index (κ2) is 4.95. The fourth-order valence-electron chi connectivity index (χ4n) is 1.23. The predicted octanol–water partition coefficient (Wildman–Crippen LogP) is 3.54. The normalized spacial score (nSPS) is 10.6. The summed E-state index contributed by atoms with van der Waals surface area (Å²) in [6.45, 7) is 0. The average Bonchev–Trinajstić information content (AvgIpc) is 2.83. The zero-order chi connectivity index (χ0) is 11.5. The summed E-state index contributed by atoms with van der Waals surface area (Å²) in [6.07, 6.45) is 0.680. The first-order chi connectivity index (χ1) is 7.65. The van der Waals surface area contributed by atoms with Gasteiger partial charge in [0, 0.05) is 4.88 Å². The van der Waals surface area contributed by atoms with Gasteiger partial charge in [-0.2, -0.15) is 4.37 Å². The summed E-state index contributed by atoms with van der Waals surface area (Å²) in [5.74, 6) is -0.783. The van der Waals surface area contributed by atoms with E-state index >= 15 is 0 Å². The third kappa shape index (κ3) is 2.81. The summed E-state index contributed by atoms with van der Waals surface area (Å²) in [7, 11) is 0. The van der Waals surface area contributed by atoms with Gasteiger partial charge in [0.1, 0.15) is 0 Å². The van der Waals surface area contributed by atoms with Crippen LogP contribution in [0.5, 0.6) is 0 Å². The number of carbonyl (C=O) groups is 1. The molecule has 0 aromatic carbocycles. The van der Waals surface area contributed by atoms with E-state index in [-0.39, 0.29) is 6.42 Å². The van der Waals surface area contributed by atoms with Gasteiger partial charge in [0.2, 0.25) is 0 Å². The van der Waals surface area contributed by atoms with Crippen LogP contribution in [-0.4, -0.2) is 15.4 Å². The van der Waals surface area contributed by atoms with E-state index < -0.39 is 5.97 Å². The number of carboxylic acid groups (broad SMARTS) is 1. The Balaban J connectivity index is 2.10. The highest BCUT2D eigenvalue weighted by molar-refractivity contribution is 7.19. The van der Waals surface area contributed by atoms with Crippen LogP contribution in [0.4, 0.5) is 0 Å². The zero-order valence-corrected chi connectivity index (χ0v) is 10.5. The van der Waals surface area contributed by atoms with E-state index in [1.54, 1.807) is 0 Å². The number of aryl methyl sites for hydroxylation is 1. The highest BCUT2D eigenvalue weighted by Crippen LogP contribution is 2.31. The fraction of sp³-hybridized carbons (Fsp3) is 0.200. The number of aromatic nitrogens is 1. The molecule has 0 atom stereocenters. The predicted molar refractivity (Wildman–Crippen MR) is 66.4 cm³/mol. The lowest BCUT2D eigenvalue weighted by Gasteiger charge is -1.89. The smallest absolute Gasteiger partial charge is 0.303 e. The van der Waals surface area contributed by atoms with E-state index in [0.717, 1.165) is 19.8 Å². The molecule has 2 heterocycles. The summed E-state index contributed by atoms with van der Waals surface area (Å²) in [4.78, 5) is 12.4. The van der Waals surface area contributed by atoms with Crippen molar-refractivity contribution in [2.75, 3.05) is 0 Å². The third-order valence-corrected chi connectivity index (χ3v) is 4.07. The fourth-order valence-corrected chi connectivity index (χ4v) is 3.01. The number of carboxylic acids is 1. The van der Waals surface area contributed by atoms with Crippen molar-refractivity contribution in [3.63, 3.8) is 0 Å². The van der Waals surface area contributed by atoms with Crippen LogP contribution in [0.15, 0.2) is 18.2 Å². The SMILES string of the molecule is O=C(O)CCc1cc(-c2ccc(Cl)s2)ns1. The minimum absolute atomic E-state index is 0.146. The van der Waals surface area contributed by atoms with E-state index in [0.29, 0.717) is 6.42 Å². The van der Waals surface area contributed by atoms with Gasteiger partial charge in [0.15, 0.2) is 0 Å². The number of thiophene rings is 1. The Bertz CT molecular complexity index is 506. The lowest BCUT2D eigenvalue weighted by Crippen LogP contribution is -1.95. The summed E-state index contributed by atoms with van der Waals surface area (Å²) in [5, 5.41) is 8.57. The van der Waals surface area contributed by atoms with Crippen LogP contribution in [0.1, 0.15) is 11.3 Å². The zero-order valence-electron chi connectivity index (χ0n) is 8.14. The third-order valence-electron chi connectivity index (χ3n) is 1.97. The minimum atomic E-state index is -0.783. The van der Waals surface area contributed by atoms with Crippen LogP contribution in [0.3, 0.4) is 0 Å². The lowest BCUT2D eigenvalue weighted by atomic mass is 10.2. The van der Waals surface area contributed by atoms with Crippen molar-refractivity contribution in [2.24, 2.45) is 0 Å². The first-order valence-electron chi connectivity index (χ1n) is 4.58. The van der Waals surface area contributed by atoms with Crippen molar-refractivity contribution in [1.29, 1.82) is 0 Å². The van der Waals surface area contributed by atoms with Gasteiger partial charge in [-0.3, -0.25) is 4.79 Å². The van der Waals surface area contributed by atoms with E-state index in [9.17, 15) is 4.79 Å². The average molecular weight is 274 g/mol. The van der Waals surface area contributed by atoms with Crippen molar-refractivity contribution in [2.45, 2.75) is 12.8 Å². The van der Waals surface area contributed by atoms with Gasteiger partial charge in [0.05, 0.1) is 21.3 Å². The Labute approximate surface area is 105 Å². The number of nitrogens with zero attached hydrogens (tertiary/aromatic N) is 1. The Morgan fingerprint density at radius 2 is 2.31 bits per heavy atom. The van der Waals surface area contributed by atoms with Gasteiger partial charge in [-0.15, -0.1) is 11.3 Å². The maximum atomic E-state index is 10.4. The highest BCUT2D eigenvalue weighted by Gasteiger charge is 2.08. The maximum absolute atomic E-state index is 10.4. The molecule has 2 rings (SSSR count). The minimum Gasteiger partial charge on any atom is -0.481 e. The molecule has 0 saturated heterocycles. The van der Waals surface area contributed by atoms with Crippen molar-refractivity contribution in [3.8, 4) is 10.6 Å². The van der Waals surface area contributed by atoms with Crippen LogP contribution in [0.2, 0.25) is 4.34 Å². The molecule has 0 bridgehead atoms. The van der Waals surface area contributed by atoms with E-state index in [4.69, 9.17) is 16.7 Å². The Morgan fingerprint density at radius 3 is 2.94 bits per heavy atom. The molecule has 0 aliphatic carbocycles. The Hall–Kier alpha value is -0.910. The molecule has 0 radical (unpaired) electrons. The lowest BCUT2D eigenvalue weighted by molar-refractivity contribution is -0.136. The molecule has 16 heavy (non-hydrogen) atoms. The molecule has 0 unspecified atom stereocenters. The van der Waals surface area contributed by atoms with Gasteiger partial charge >= 0.3 is 5.97 Å². The van der Waals surface area contributed by atoms with Gasteiger partial charge < -0.3 is 5.11 Å². The highest BCUT2D eigenvalue weighted by atomic mass is 35.5. The van der Waals surface area contributed by atoms with Gasteiger partial charge in [-0.1, -0.05) is 11.6 Å². The molecular formula is C10H8ClNO2S2. The molecule has 2 aromatic rings. The number of hydrogen-bond donors (Lipinski definition) is 1. The number of halogens is 1. The molecule has 0 spiro atoms. The molecular weight excluding hydrogens is 266 g/mol. The van der Waals surface area contributed by atoms with Crippen LogP contribution in [-0.2, 0) is 11.2 Å². The molecule has 6 heteroatoms. The monoisotopic (exact) mass is 273 g/mol. The van der Waals surface area contributed by atoms with E-state index in [1.807, 2.05) is 18.2 Å². The molecule has 2 aromatic heterocycles. The summed E-state index contributed by atoms with van der Waals surface area (Å²) < 4.78 is 5.01. The van der Waals surface area contributed by atoms with E-state index in [1.165, 1.54) is 22.9 Å². The molecule has 1 N–H and O–H groups in total. The summed E-state index contributed by atoms with van der Waals surface area (Å²) in [6, 6.07) is 5.68. The van der Waals surface area contributed by atoms with Crippen LogP contribution in [0, 0.1) is 0 Å². The second-order valence-corrected chi connectivity index (χ2v) is 5.78. The molecule has 84 valence electrons. The van der Waals surface area contributed by atoms with Crippen LogP contribution >= 0.6 is 34.5 Å². The summed E-state index contributed by atoms with van der Waals surface area (Å²) >= 11 is 8.65. The molecule has 3 nitrogen and oxygen atoms in total. The molecule has 0 fully saturated rings.